The molecule has 0 atom stereocenters. The minimum Gasteiger partial charge on any atom is -0.497 e. The van der Waals surface area contributed by atoms with Gasteiger partial charge in [-0.05, 0) is 44.7 Å². The summed E-state index contributed by atoms with van der Waals surface area (Å²) in [6.45, 7) is 4.74. The zero-order valence-corrected chi connectivity index (χ0v) is 15.6. The van der Waals surface area contributed by atoms with E-state index in [1.807, 2.05) is 25.1 Å². The predicted molar refractivity (Wildman–Crippen MR) is 101 cm³/mol. The SMILES string of the molecule is CCOCCNC(=NC)NCc1ccc(OC)cc1OC1CCCC1. The average Bonchev–Trinajstić information content (AvgIpc) is 3.15. The van der Waals surface area contributed by atoms with E-state index in [1.165, 1.54) is 12.8 Å². The molecule has 1 aromatic rings. The van der Waals surface area contributed by atoms with E-state index in [0.29, 0.717) is 19.3 Å². The van der Waals surface area contributed by atoms with Crippen molar-refractivity contribution >= 4 is 5.96 Å². The minimum absolute atomic E-state index is 0.314. The van der Waals surface area contributed by atoms with Crippen LogP contribution in [0.3, 0.4) is 0 Å². The Labute approximate surface area is 151 Å². The number of rotatable bonds is 9. The van der Waals surface area contributed by atoms with Gasteiger partial charge in [0, 0.05) is 38.4 Å². The van der Waals surface area contributed by atoms with Gasteiger partial charge >= 0.3 is 0 Å². The van der Waals surface area contributed by atoms with E-state index in [2.05, 4.69) is 15.6 Å². The number of hydrogen-bond donors (Lipinski definition) is 2. The third-order valence-electron chi connectivity index (χ3n) is 4.28. The molecule has 6 heteroatoms. The summed E-state index contributed by atoms with van der Waals surface area (Å²) >= 11 is 0. The Kier molecular flexibility index (Phi) is 8.39. The van der Waals surface area contributed by atoms with Crippen molar-refractivity contribution in [3.05, 3.63) is 23.8 Å². The first-order valence-corrected chi connectivity index (χ1v) is 9.12. The van der Waals surface area contributed by atoms with Gasteiger partial charge in [0.25, 0.3) is 0 Å². The number of nitrogens with zero attached hydrogens (tertiary/aromatic N) is 1. The molecular formula is C19H31N3O3. The molecule has 0 heterocycles. The van der Waals surface area contributed by atoms with Gasteiger partial charge in [-0.15, -0.1) is 0 Å². The van der Waals surface area contributed by atoms with Crippen molar-refractivity contribution in [2.45, 2.75) is 45.3 Å². The van der Waals surface area contributed by atoms with Gasteiger partial charge in [-0.3, -0.25) is 4.99 Å². The Morgan fingerprint density at radius 2 is 2.04 bits per heavy atom. The number of benzene rings is 1. The number of aliphatic imine (C=N–C) groups is 1. The molecule has 0 spiro atoms. The van der Waals surface area contributed by atoms with Crippen molar-refractivity contribution in [2.24, 2.45) is 4.99 Å². The summed E-state index contributed by atoms with van der Waals surface area (Å²) < 4.78 is 16.9. The molecule has 0 saturated heterocycles. The van der Waals surface area contributed by atoms with Crippen molar-refractivity contribution in [3.8, 4) is 11.5 Å². The lowest BCUT2D eigenvalue weighted by molar-refractivity contribution is 0.152. The second kappa shape index (κ2) is 10.8. The van der Waals surface area contributed by atoms with E-state index in [4.69, 9.17) is 14.2 Å². The molecule has 1 saturated carbocycles. The first-order chi connectivity index (χ1) is 12.3. The van der Waals surface area contributed by atoms with Gasteiger partial charge in [-0.1, -0.05) is 0 Å². The minimum atomic E-state index is 0.314. The van der Waals surface area contributed by atoms with Crippen LogP contribution in [0.1, 0.15) is 38.2 Å². The van der Waals surface area contributed by atoms with E-state index in [1.54, 1.807) is 14.2 Å². The van der Waals surface area contributed by atoms with E-state index in [-0.39, 0.29) is 0 Å². The Bertz CT molecular complexity index is 543. The molecule has 1 fully saturated rings. The van der Waals surface area contributed by atoms with Crippen LogP contribution in [-0.4, -0.2) is 46.0 Å². The maximum atomic E-state index is 6.23. The fourth-order valence-corrected chi connectivity index (χ4v) is 2.89. The van der Waals surface area contributed by atoms with Crippen molar-refractivity contribution in [3.63, 3.8) is 0 Å². The van der Waals surface area contributed by atoms with Gasteiger partial charge in [0.15, 0.2) is 5.96 Å². The summed E-state index contributed by atoms with van der Waals surface area (Å²) in [4.78, 5) is 4.24. The number of nitrogens with one attached hydrogen (secondary N) is 2. The second-order valence-electron chi connectivity index (χ2n) is 6.05. The Morgan fingerprint density at radius 3 is 2.72 bits per heavy atom. The number of ether oxygens (including phenoxy) is 3. The summed E-state index contributed by atoms with van der Waals surface area (Å²) in [5, 5.41) is 6.57. The molecule has 0 aromatic heterocycles. The first-order valence-electron chi connectivity index (χ1n) is 9.12. The second-order valence-corrected chi connectivity index (χ2v) is 6.05. The Balaban J connectivity index is 1.94. The largest absolute Gasteiger partial charge is 0.497 e. The molecule has 6 nitrogen and oxygen atoms in total. The van der Waals surface area contributed by atoms with Gasteiger partial charge in [0.1, 0.15) is 11.5 Å². The summed E-state index contributed by atoms with van der Waals surface area (Å²) in [7, 11) is 3.44. The number of guanidine groups is 1. The quantitative estimate of drug-likeness (QED) is 0.408. The predicted octanol–water partition coefficient (Wildman–Crippen LogP) is 2.72. The molecule has 0 radical (unpaired) electrons. The van der Waals surface area contributed by atoms with Gasteiger partial charge in [0.2, 0.25) is 0 Å². The maximum absolute atomic E-state index is 6.23. The zero-order chi connectivity index (χ0) is 17.9. The molecule has 140 valence electrons. The molecule has 0 bridgehead atoms. The average molecular weight is 349 g/mol. The van der Waals surface area contributed by atoms with Crippen LogP contribution >= 0.6 is 0 Å². The molecule has 2 N–H and O–H groups in total. The topological polar surface area (TPSA) is 64.1 Å². The van der Waals surface area contributed by atoms with Gasteiger partial charge in [-0.25, -0.2) is 0 Å². The number of methoxy groups -OCH3 is 1. The molecule has 25 heavy (non-hydrogen) atoms. The first kappa shape index (κ1) is 19.4. The summed E-state index contributed by atoms with van der Waals surface area (Å²) in [5.41, 5.74) is 1.10. The standard InChI is InChI=1S/C19H31N3O3/c1-4-24-12-11-21-19(20-2)22-14-15-9-10-17(23-3)13-18(15)25-16-7-5-6-8-16/h9-10,13,16H,4-8,11-12,14H2,1-3H3,(H2,20,21,22). The fourth-order valence-electron chi connectivity index (χ4n) is 2.89. The van der Waals surface area contributed by atoms with Crippen LogP contribution in [0.2, 0.25) is 0 Å². The third kappa shape index (κ3) is 6.46. The highest BCUT2D eigenvalue weighted by molar-refractivity contribution is 5.79. The van der Waals surface area contributed by atoms with Crippen LogP contribution < -0.4 is 20.1 Å². The lowest BCUT2D eigenvalue weighted by Gasteiger charge is -2.18. The van der Waals surface area contributed by atoms with Crippen molar-refractivity contribution in [1.29, 1.82) is 0 Å². The Hall–Kier alpha value is -1.95. The van der Waals surface area contributed by atoms with Crippen LogP contribution in [-0.2, 0) is 11.3 Å². The molecule has 1 aliphatic carbocycles. The smallest absolute Gasteiger partial charge is 0.191 e. The van der Waals surface area contributed by atoms with Crippen LogP contribution in [0.4, 0.5) is 0 Å². The van der Waals surface area contributed by atoms with Crippen molar-refractivity contribution in [1.82, 2.24) is 10.6 Å². The van der Waals surface area contributed by atoms with E-state index < -0.39 is 0 Å². The molecule has 0 aliphatic heterocycles. The summed E-state index contributed by atoms with van der Waals surface area (Å²) in [6, 6.07) is 5.98. The lowest BCUT2D eigenvalue weighted by Crippen LogP contribution is -2.38. The van der Waals surface area contributed by atoms with Crippen molar-refractivity contribution < 1.29 is 14.2 Å². The van der Waals surface area contributed by atoms with Crippen LogP contribution in [0, 0.1) is 0 Å². The van der Waals surface area contributed by atoms with E-state index in [0.717, 1.165) is 49.0 Å². The molecule has 1 aromatic carbocycles. The zero-order valence-electron chi connectivity index (χ0n) is 15.6. The summed E-state index contributed by atoms with van der Waals surface area (Å²) in [5.74, 6) is 2.46. The molecule has 0 unspecified atom stereocenters. The molecular weight excluding hydrogens is 318 g/mol. The van der Waals surface area contributed by atoms with Crippen LogP contribution in [0.15, 0.2) is 23.2 Å². The highest BCUT2D eigenvalue weighted by Gasteiger charge is 2.18. The highest BCUT2D eigenvalue weighted by Crippen LogP contribution is 2.29. The number of hydrogen-bond acceptors (Lipinski definition) is 4. The fraction of sp³-hybridized carbons (Fsp3) is 0.632. The normalized spacial score (nSPS) is 15.2. The Morgan fingerprint density at radius 1 is 1.24 bits per heavy atom. The molecule has 0 amide bonds. The maximum Gasteiger partial charge on any atom is 0.191 e. The lowest BCUT2D eigenvalue weighted by atomic mass is 10.2. The van der Waals surface area contributed by atoms with Gasteiger partial charge < -0.3 is 24.8 Å². The third-order valence-corrected chi connectivity index (χ3v) is 4.28. The highest BCUT2D eigenvalue weighted by atomic mass is 16.5. The van der Waals surface area contributed by atoms with Crippen LogP contribution in [0.5, 0.6) is 11.5 Å². The van der Waals surface area contributed by atoms with Crippen LogP contribution in [0.25, 0.3) is 0 Å². The van der Waals surface area contributed by atoms with E-state index in [9.17, 15) is 0 Å². The van der Waals surface area contributed by atoms with Gasteiger partial charge in [-0.2, -0.15) is 0 Å². The summed E-state index contributed by atoms with van der Waals surface area (Å²) in [6.07, 6.45) is 5.07. The monoisotopic (exact) mass is 349 g/mol. The molecule has 1 aliphatic rings. The van der Waals surface area contributed by atoms with Gasteiger partial charge in [0.05, 0.1) is 19.8 Å². The molecule has 2 rings (SSSR count). The van der Waals surface area contributed by atoms with E-state index >= 15 is 0 Å². The van der Waals surface area contributed by atoms with Crippen molar-refractivity contribution in [2.75, 3.05) is 33.9 Å².